The van der Waals surface area contributed by atoms with Crippen molar-refractivity contribution in [3.8, 4) is 0 Å². The molecule has 0 aromatic rings. The first-order valence-corrected chi connectivity index (χ1v) is 23.7. The van der Waals surface area contributed by atoms with Crippen molar-refractivity contribution < 1.29 is 15.0 Å². The third kappa shape index (κ3) is 41.6. The molecule has 1 amide bonds. The Morgan fingerprint density at radius 2 is 0.774 bits per heavy atom. The van der Waals surface area contributed by atoms with E-state index in [1.165, 1.54) is 186 Å². The molecule has 0 aliphatic carbocycles. The van der Waals surface area contributed by atoms with Crippen LogP contribution in [0.2, 0.25) is 0 Å². The second-order valence-electron chi connectivity index (χ2n) is 16.2. The Morgan fingerprint density at radius 3 is 1.15 bits per heavy atom. The van der Waals surface area contributed by atoms with E-state index in [4.69, 9.17) is 0 Å². The van der Waals surface area contributed by atoms with Crippen LogP contribution in [0.5, 0.6) is 0 Å². The monoisotopic (exact) mass is 744 g/mol. The maximum absolute atomic E-state index is 12.4. The van der Waals surface area contributed by atoms with Gasteiger partial charge in [0.25, 0.3) is 0 Å². The SMILES string of the molecule is CCCCCC/C=C\C/C=C\CCCCCCCC(=O)NC(CO)C(O)/C=C/CCCCCCCCCCCCCCCCCCCCCCCCC. The summed E-state index contributed by atoms with van der Waals surface area (Å²) in [6.45, 7) is 4.30. The Hall–Kier alpha value is -1.39. The van der Waals surface area contributed by atoms with Crippen LogP contribution in [-0.2, 0) is 4.79 Å². The highest BCUT2D eigenvalue weighted by Gasteiger charge is 2.17. The van der Waals surface area contributed by atoms with Crippen molar-refractivity contribution in [1.29, 1.82) is 0 Å². The number of hydrogen-bond acceptors (Lipinski definition) is 3. The number of allylic oxidation sites excluding steroid dienone is 5. The highest BCUT2D eigenvalue weighted by atomic mass is 16.3. The predicted octanol–water partition coefficient (Wildman–Crippen LogP) is 15.0. The van der Waals surface area contributed by atoms with Crippen molar-refractivity contribution in [2.24, 2.45) is 0 Å². The first kappa shape index (κ1) is 51.6. The van der Waals surface area contributed by atoms with Gasteiger partial charge in [0.1, 0.15) is 0 Å². The molecule has 0 aliphatic rings. The van der Waals surface area contributed by atoms with E-state index in [9.17, 15) is 15.0 Å². The van der Waals surface area contributed by atoms with Gasteiger partial charge in [0.15, 0.2) is 0 Å². The first-order valence-electron chi connectivity index (χ1n) is 23.7. The Bertz CT molecular complexity index is 806. The highest BCUT2D eigenvalue weighted by molar-refractivity contribution is 5.76. The molecule has 2 atom stereocenters. The summed E-state index contributed by atoms with van der Waals surface area (Å²) in [7, 11) is 0. The molecule has 0 fully saturated rings. The van der Waals surface area contributed by atoms with Gasteiger partial charge in [-0.3, -0.25) is 4.79 Å². The van der Waals surface area contributed by atoms with E-state index in [1.807, 2.05) is 6.08 Å². The van der Waals surface area contributed by atoms with Crippen molar-refractivity contribution in [1.82, 2.24) is 5.32 Å². The maximum Gasteiger partial charge on any atom is 0.220 e. The predicted molar refractivity (Wildman–Crippen MR) is 235 cm³/mol. The largest absolute Gasteiger partial charge is 0.394 e. The molecule has 0 saturated carbocycles. The summed E-state index contributed by atoms with van der Waals surface area (Å²) in [5.74, 6) is -0.0762. The summed E-state index contributed by atoms with van der Waals surface area (Å²) >= 11 is 0. The van der Waals surface area contributed by atoms with Crippen molar-refractivity contribution in [3.63, 3.8) is 0 Å². The summed E-state index contributed by atoms with van der Waals surface area (Å²) < 4.78 is 0. The number of carbonyl (C=O) groups excluding carboxylic acids is 1. The number of aliphatic hydroxyl groups excluding tert-OH is 2. The second-order valence-corrected chi connectivity index (χ2v) is 16.2. The van der Waals surface area contributed by atoms with Crippen LogP contribution < -0.4 is 5.32 Å². The van der Waals surface area contributed by atoms with Crippen molar-refractivity contribution in [2.45, 2.75) is 264 Å². The van der Waals surface area contributed by atoms with Gasteiger partial charge in [-0.1, -0.05) is 230 Å². The molecule has 312 valence electrons. The molecule has 0 spiro atoms. The Balaban J connectivity index is 3.53. The molecular formula is C49H93NO3. The van der Waals surface area contributed by atoms with E-state index >= 15 is 0 Å². The van der Waals surface area contributed by atoms with Crippen LogP contribution in [0.15, 0.2) is 36.5 Å². The minimum atomic E-state index is -0.845. The molecule has 0 aromatic heterocycles. The third-order valence-corrected chi connectivity index (χ3v) is 10.9. The molecule has 4 nitrogen and oxygen atoms in total. The van der Waals surface area contributed by atoms with Gasteiger partial charge in [0.05, 0.1) is 18.8 Å². The van der Waals surface area contributed by atoms with Crippen LogP contribution in [0.3, 0.4) is 0 Å². The van der Waals surface area contributed by atoms with Gasteiger partial charge in [-0.25, -0.2) is 0 Å². The van der Waals surface area contributed by atoms with Gasteiger partial charge < -0.3 is 15.5 Å². The fraction of sp³-hybridized carbons (Fsp3) is 0.857. The van der Waals surface area contributed by atoms with E-state index in [0.717, 1.165) is 44.9 Å². The number of aliphatic hydroxyl groups is 2. The van der Waals surface area contributed by atoms with Gasteiger partial charge in [0.2, 0.25) is 5.91 Å². The molecular weight excluding hydrogens is 651 g/mol. The number of carbonyl (C=O) groups is 1. The average Bonchev–Trinajstić information content (AvgIpc) is 3.16. The Labute approximate surface area is 331 Å². The average molecular weight is 744 g/mol. The highest BCUT2D eigenvalue weighted by Crippen LogP contribution is 2.16. The number of hydrogen-bond donors (Lipinski definition) is 3. The molecule has 0 bridgehead atoms. The lowest BCUT2D eigenvalue weighted by Crippen LogP contribution is -2.45. The standard InChI is InChI=1S/C49H93NO3/c1-3-5-7-9-11-13-15-17-19-21-22-23-24-25-26-27-28-29-30-32-34-36-38-40-42-44-48(52)47(46-51)50-49(53)45-43-41-39-37-35-33-31-20-18-16-14-12-10-8-6-4-2/h14,16,20,31,42,44,47-48,51-52H,3-13,15,17-19,21-30,32-41,43,45-46H2,1-2H3,(H,50,53)/b16-14-,31-20-,44-42+. The van der Waals surface area contributed by atoms with Crippen LogP contribution in [0.25, 0.3) is 0 Å². The van der Waals surface area contributed by atoms with Gasteiger partial charge >= 0.3 is 0 Å². The number of rotatable bonds is 43. The van der Waals surface area contributed by atoms with E-state index in [2.05, 4.69) is 43.5 Å². The summed E-state index contributed by atoms with van der Waals surface area (Å²) in [6, 6.07) is -0.629. The normalized spacial score (nSPS) is 13.2. The molecule has 0 aliphatic heterocycles. The van der Waals surface area contributed by atoms with E-state index in [0.29, 0.717) is 6.42 Å². The minimum Gasteiger partial charge on any atom is -0.394 e. The summed E-state index contributed by atoms with van der Waals surface area (Å²) in [4.78, 5) is 12.4. The number of amides is 1. The maximum atomic E-state index is 12.4. The van der Waals surface area contributed by atoms with E-state index < -0.39 is 12.1 Å². The van der Waals surface area contributed by atoms with E-state index in [1.54, 1.807) is 6.08 Å². The second kappa shape index (κ2) is 45.0. The fourth-order valence-electron chi connectivity index (χ4n) is 7.21. The molecule has 53 heavy (non-hydrogen) atoms. The number of nitrogens with one attached hydrogen (secondary N) is 1. The fourth-order valence-corrected chi connectivity index (χ4v) is 7.21. The molecule has 0 heterocycles. The lowest BCUT2D eigenvalue weighted by atomic mass is 10.0. The van der Waals surface area contributed by atoms with Crippen LogP contribution in [0.1, 0.15) is 251 Å². The number of unbranched alkanes of at least 4 members (excludes halogenated alkanes) is 32. The van der Waals surface area contributed by atoms with Crippen molar-refractivity contribution in [2.75, 3.05) is 6.61 Å². The summed E-state index contributed by atoms with van der Waals surface area (Å²) in [5, 5.41) is 23.0. The van der Waals surface area contributed by atoms with Gasteiger partial charge in [-0.05, 0) is 51.4 Å². The molecule has 4 heteroatoms. The van der Waals surface area contributed by atoms with Crippen LogP contribution >= 0.6 is 0 Å². The molecule has 0 rings (SSSR count). The third-order valence-electron chi connectivity index (χ3n) is 10.9. The molecule has 2 unspecified atom stereocenters. The van der Waals surface area contributed by atoms with Gasteiger partial charge in [-0.15, -0.1) is 0 Å². The lowest BCUT2D eigenvalue weighted by molar-refractivity contribution is -0.123. The summed E-state index contributed by atoms with van der Waals surface area (Å²) in [5.41, 5.74) is 0. The molecule has 0 aromatic carbocycles. The molecule has 3 N–H and O–H groups in total. The zero-order chi connectivity index (χ0) is 38.6. The van der Waals surface area contributed by atoms with E-state index in [-0.39, 0.29) is 12.5 Å². The van der Waals surface area contributed by atoms with Crippen LogP contribution in [0.4, 0.5) is 0 Å². The molecule has 0 radical (unpaired) electrons. The van der Waals surface area contributed by atoms with Crippen LogP contribution in [-0.4, -0.2) is 34.9 Å². The Kier molecular flexibility index (Phi) is 43.8. The summed E-state index contributed by atoms with van der Waals surface area (Å²) in [6.07, 6.45) is 59.8. The zero-order valence-corrected chi connectivity index (χ0v) is 35.8. The molecule has 0 saturated heterocycles. The van der Waals surface area contributed by atoms with Crippen molar-refractivity contribution >= 4 is 5.91 Å². The van der Waals surface area contributed by atoms with Crippen LogP contribution in [0, 0.1) is 0 Å². The quantitative estimate of drug-likeness (QED) is 0.0430. The topological polar surface area (TPSA) is 69.6 Å². The lowest BCUT2D eigenvalue weighted by Gasteiger charge is -2.20. The van der Waals surface area contributed by atoms with Gasteiger partial charge in [-0.2, -0.15) is 0 Å². The van der Waals surface area contributed by atoms with Gasteiger partial charge in [0, 0.05) is 6.42 Å². The Morgan fingerprint density at radius 1 is 0.453 bits per heavy atom. The zero-order valence-electron chi connectivity index (χ0n) is 35.8. The first-order chi connectivity index (χ1) is 26.2. The van der Waals surface area contributed by atoms with Crippen molar-refractivity contribution in [3.05, 3.63) is 36.5 Å². The minimum absolute atomic E-state index is 0.0762. The smallest absolute Gasteiger partial charge is 0.220 e.